The summed E-state index contributed by atoms with van der Waals surface area (Å²) in [6, 6.07) is 0. The minimum atomic E-state index is -0.822. The van der Waals surface area contributed by atoms with E-state index in [1.807, 2.05) is 0 Å². The van der Waals surface area contributed by atoms with Gasteiger partial charge in [-0.15, -0.1) is 0 Å². The van der Waals surface area contributed by atoms with E-state index in [-0.39, 0.29) is 37.0 Å². The molecule has 1 fully saturated rings. The van der Waals surface area contributed by atoms with Crippen molar-refractivity contribution in [3.63, 3.8) is 0 Å². The van der Waals surface area contributed by atoms with Gasteiger partial charge in [0, 0.05) is 19.3 Å². The molecule has 0 amide bonds. The number of nitrogens with one attached hydrogen (secondary N) is 1. The summed E-state index contributed by atoms with van der Waals surface area (Å²) in [5, 5.41) is 30.6. The average Bonchev–Trinajstić information content (AvgIpc) is 2.52. The molecule has 7 nitrogen and oxygen atoms in total. The Morgan fingerprint density at radius 3 is 1.50 bits per heavy atom. The number of rotatable bonds is 6. The predicted molar refractivity (Wildman–Crippen MR) is 97.0 cm³/mol. The first-order valence-electron chi connectivity index (χ1n) is 9.73. The lowest BCUT2D eigenvalue weighted by Gasteiger charge is -2.22. The van der Waals surface area contributed by atoms with Crippen molar-refractivity contribution >= 4 is 17.9 Å². The minimum absolute atomic E-state index is 0.0374. The standard InChI is InChI=1S/C19H33NO6/c21-17(22)11-14-3-1-4-16(13-19(25)26)8-10-20-9-2-5-15(7-6-14)12-18(23)24/h14-16,20H,1-13H2,(H,21,22)(H,23,24)(H,25,26). The first-order valence-corrected chi connectivity index (χ1v) is 9.73. The van der Waals surface area contributed by atoms with Gasteiger partial charge in [-0.1, -0.05) is 6.42 Å². The molecule has 1 saturated heterocycles. The maximum absolute atomic E-state index is 11.1. The van der Waals surface area contributed by atoms with E-state index in [2.05, 4.69) is 5.32 Å². The lowest BCUT2D eigenvalue weighted by atomic mass is 9.85. The Kier molecular flexibility index (Phi) is 10.9. The Labute approximate surface area is 155 Å². The van der Waals surface area contributed by atoms with Gasteiger partial charge in [-0.2, -0.15) is 0 Å². The summed E-state index contributed by atoms with van der Waals surface area (Å²) in [6.07, 6.45) is 6.73. The fourth-order valence-corrected chi connectivity index (χ4v) is 3.90. The summed E-state index contributed by atoms with van der Waals surface area (Å²) in [5.74, 6) is -2.15. The van der Waals surface area contributed by atoms with Crippen molar-refractivity contribution in [3.8, 4) is 0 Å². The number of carboxylic acids is 3. The molecular formula is C19H33NO6. The highest BCUT2D eigenvalue weighted by atomic mass is 16.4. The van der Waals surface area contributed by atoms with E-state index in [9.17, 15) is 14.4 Å². The van der Waals surface area contributed by atoms with Gasteiger partial charge in [-0.25, -0.2) is 0 Å². The van der Waals surface area contributed by atoms with Gasteiger partial charge in [0.2, 0.25) is 0 Å². The second-order valence-corrected chi connectivity index (χ2v) is 7.58. The van der Waals surface area contributed by atoms with Crippen LogP contribution in [0.3, 0.4) is 0 Å². The molecule has 1 aliphatic heterocycles. The van der Waals surface area contributed by atoms with E-state index >= 15 is 0 Å². The molecule has 0 aliphatic carbocycles. The summed E-state index contributed by atoms with van der Waals surface area (Å²) >= 11 is 0. The second-order valence-electron chi connectivity index (χ2n) is 7.58. The van der Waals surface area contributed by atoms with Gasteiger partial charge in [0.1, 0.15) is 0 Å². The Hall–Kier alpha value is -1.63. The van der Waals surface area contributed by atoms with Crippen molar-refractivity contribution in [2.75, 3.05) is 13.1 Å². The molecular weight excluding hydrogens is 338 g/mol. The fourth-order valence-electron chi connectivity index (χ4n) is 3.90. The largest absolute Gasteiger partial charge is 0.481 e. The van der Waals surface area contributed by atoms with E-state index in [1.165, 1.54) is 0 Å². The predicted octanol–water partition coefficient (Wildman–Crippen LogP) is 2.98. The second kappa shape index (κ2) is 12.7. The Morgan fingerprint density at radius 1 is 0.615 bits per heavy atom. The summed E-state index contributed by atoms with van der Waals surface area (Å²) in [5.41, 5.74) is 0. The normalized spacial score (nSPS) is 26.5. The monoisotopic (exact) mass is 371 g/mol. The molecule has 3 atom stereocenters. The van der Waals surface area contributed by atoms with Crippen LogP contribution in [-0.2, 0) is 14.4 Å². The van der Waals surface area contributed by atoms with Crippen LogP contribution in [0.4, 0.5) is 0 Å². The van der Waals surface area contributed by atoms with Crippen LogP contribution in [-0.4, -0.2) is 46.3 Å². The molecule has 1 heterocycles. The van der Waals surface area contributed by atoms with Crippen molar-refractivity contribution in [1.82, 2.24) is 5.32 Å². The van der Waals surface area contributed by atoms with Gasteiger partial charge in [-0.3, -0.25) is 14.4 Å². The minimum Gasteiger partial charge on any atom is -0.481 e. The van der Waals surface area contributed by atoms with Crippen molar-refractivity contribution in [3.05, 3.63) is 0 Å². The maximum Gasteiger partial charge on any atom is 0.303 e. The van der Waals surface area contributed by atoms with Crippen LogP contribution in [0.5, 0.6) is 0 Å². The molecule has 3 unspecified atom stereocenters. The van der Waals surface area contributed by atoms with Crippen LogP contribution < -0.4 is 5.32 Å². The van der Waals surface area contributed by atoms with Crippen LogP contribution in [0.2, 0.25) is 0 Å². The first kappa shape index (κ1) is 22.4. The highest BCUT2D eigenvalue weighted by Crippen LogP contribution is 2.27. The quantitative estimate of drug-likeness (QED) is 0.566. The first-order chi connectivity index (χ1) is 12.4. The Balaban J connectivity index is 2.67. The molecule has 0 saturated carbocycles. The molecule has 0 radical (unpaired) electrons. The summed E-state index contributed by atoms with van der Waals surface area (Å²) < 4.78 is 0. The van der Waals surface area contributed by atoms with Crippen LogP contribution in [0.1, 0.15) is 70.6 Å². The molecule has 1 rings (SSSR count). The third kappa shape index (κ3) is 11.1. The Morgan fingerprint density at radius 2 is 1.04 bits per heavy atom. The van der Waals surface area contributed by atoms with Crippen molar-refractivity contribution < 1.29 is 29.7 Å². The zero-order chi connectivity index (χ0) is 19.4. The number of aliphatic carboxylic acids is 3. The van der Waals surface area contributed by atoms with E-state index < -0.39 is 17.9 Å². The molecule has 1 aliphatic rings. The van der Waals surface area contributed by atoms with Crippen LogP contribution in [0, 0.1) is 17.8 Å². The zero-order valence-electron chi connectivity index (χ0n) is 15.5. The van der Waals surface area contributed by atoms with Crippen LogP contribution in [0.25, 0.3) is 0 Å². The highest BCUT2D eigenvalue weighted by molar-refractivity contribution is 5.67. The van der Waals surface area contributed by atoms with E-state index in [0.717, 1.165) is 64.5 Å². The topological polar surface area (TPSA) is 124 Å². The molecule has 0 spiro atoms. The average molecular weight is 371 g/mol. The lowest BCUT2D eigenvalue weighted by Crippen LogP contribution is -2.22. The summed E-state index contributed by atoms with van der Waals surface area (Å²) in [4.78, 5) is 33.2. The van der Waals surface area contributed by atoms with E-state index in [4.69, 9.17) is 15.3 Å². The molecule has 7 heteroatoms. The molecule has 150 valence electrons. The maximum atomic E-state index is 11.1. The third-order valence-electron chi connectivity index (χ3n) is 5.29. The third-order valence-corrected chi connectivity index (χ3v) is 5.29. The number of hydrogen-bond acceptors (Lipinski definition) is 4. The molecule has 0 aromatic carbocycles. The molecule has 0 aromatic heterocycles. The van der Waals surface area contributed by atoms with E-state index in [0.29, 0.717) is 0 Å². The van der Waals surface area contributed by atoms with Gasteiger partial charge in [0.25, 0.3) is 0 Å². The Bertz CT molecular complexity index is 453. The van der Waals surface area contributed by atoms with Gasteiger partial charge in [-0.05, 0) is 75.8 Å². The van der Waals surface area contributed by atoms with Gasteiger partial charge in [0.15, 0.2) is 0 Å². The smallest absolute Gasteiger partial charge is 0.303 e. The fraction of sp³-hybridized carbons (Fsp3) is 0.842. The van der Waals surface area contributed by atoms with Crippen molar-refractivity contribution in [2.45, 2.75) is 70.6 Å². The summed E-state index contributed by atoms with van der Waals surface area (Å²) in [7, 11) is 0. The zero-order valence-corrected chi connectivity index (χ0v) is 15.5. The SMILES string of the molecule is O=C(O)CC1CCCC(CC(=O)O)CCC(CC(=O)O)CCCNCC1. The van der Waals surface area contributed by atoms with Crippen LogP contribution >= 0.6 is 0 Å². The molecule has 0 aromatic rings. The molecule has 4 N–H and O–H groups in total. The van der Waals surface area contributed by atoms with E-state index in [1.54, 1.807) is 0 Å². The lowest BCUT2D eigenvalue weighted by molar-refractivity contribution is -0.139. The summed E-state index contributed by atoms with van der Waals surface area (Å²) in [6.45, 7) is 1.56. The van der Waals surface area contributed by atoms with Crippen molar-refractivity contribution in [2.24, 2.45) is 17.8 Å². The molecule has 0 bridgehead atoms. The highest BCUT2D eigenvalue weighted by Gasteiger charge is 2.20. The van der Waals surface area contributed by atoms with Gasteiger partial charge in [0.05, 0.1) is 0 Å². The van der Waals surface area contributed by atoms with Crippen molar-refractivity contribution in [1.29, 1.82) is 0 Å². The van der Waals surface area contributed by atoms with Gasteiger partial charge >= 0.3 is 17.9 Å². The molecule has 26 heavy (non-hydrogen) atoms. The number of hydrogen-bond donors (Lipinski definition) is 4. The number of carbonyl (C=O) groups is 3. The van der Waals surface area contributed by atoms with Gasteiger partial charge < -0.3 is 20.6 Å². The van der Waals surface area contributed by atoms with Crippen LogP contribution in [0.15, 0.2) is 0 Å². The number of carboxylic acid groups (broad SMARTS) is 3.